The quantitative estimate of drug-likeness (QED) is 0.510. The lowest BCUT2D eigenvalue weighted by Gasteiger charge is -2.24. The van der Waals surface area contributed by atoms with Gasteiger partial charge in [0.2, 0.25) is 5.91 Å². The monoisotopic (exact) mass is 440 g/mol. The van der Waals surface area contributed by atoms with Crippen LogP contribution >= 0.6 is 0 Å². The number of carbonyl (C=O) groups excluding carboxylic acids is 1. The topological polar surface area (TPSA) is 66.5 Å². The summed E-state index contributed by atoms with van der Waals surface area (Å²) in [5.41, 5.74) is 2.59. The van der Waals surface area contributed by atoms with E-state index in [1.807, 2.05) is 25.1 Å². The van der Waals surface area contributed by atoms with Crippen LogP contribution in [0.2, 0.25) is 0 Å². The Hall–Kier alpha value is -3.19. The fourth-order valence-corrected chi connectivity index (χ4v) is 4.66. The van der Waals surface area contributed by atoms with Crippen molar-refractivity contribution in [2.75, 3.05) is 17.4 Å². The van der Waals surface area contributed by atoms with Crippen LogP contribution in [0.1, 0.15) is 17.5 Å². The van der Waals surface area contributed by atoms with Crippen molar-refractivity contribution in [2.24, 2.45) is 0 Å². The van der Waals surface area contributed by atoms with Gasteiger partial charge in [0.25, 0.3) is 10.0 Å². The van der Waals surface area contributed by atoms with E-state index >= 15 is 0 Å². The smallest absolute Gasteiger partial charge is 0.264 e. The molecule has 3 aromatic carbocycles. The van der Waals surface area contributed by atoms with Gasteiger partial charge >= 0.3 is 0 Å². The molecule has 0 bridgehead atoms. The van der Waals surface area contributed by atoms with Gasteiger partial charge in [-0.2, -0.15) is 0 Å². The number of nitrogens with one attached hydrogen (secondary N) is 1. The molecule has 0 saturated carbocycles. The van der Waals surface area contributed by atoms with E-state index in [9.17, 15) is 17.6 Å². The molecule has 0 fully saturated rings. The number of benzene rings is 3. The number of carbonyl (C=O) groups is 1. The zero-order valence-corrected chi connectivity index (χ0v) is 18.1. The van der Waals surface area contributed by atoms with Crippen LogP contribution in [0.25, 0.3) is 0 Å². The number of aryl methyl sites for hydroxylation is 2. The summed E-state index contributed by atoms with van der Waals surface area (Å²) >= 11 is 0. The van der Waals surface area contributed by atoms with Gasteiger partial charge in [0, 0.05) is 6.54 Å². The van der Waals surface area contributed by atoms with Crippen molar-refractivity contribution in [2.45, 2.75) is 24.7 Å². The molecular formula is C24H25FN2O3S. The molecule has 0 aliphatic heterocycles. The minimum atomic E-state index is -3.99. The van der Waals surface area contributed by atoms with Gasteiger partial charge in [-0.25, -0.2) is 12.8 Å². The van der Waals surface area contributed by atoms with Crippen molar-refractivity contribution in [1.29, 1.82) is 0 Å². The van der Waals surface area contributed by atoms with Gasteiger partial charge in [0.15, 0.2) is 0 Å². The van der Waals surface area contributed by atoms with E-state index in [0.717, 1.165) is 17.1 Å². The third-order valence-corrected chi connectivity index (χ3v) is 6.57. The molecule has 31 heavy (non-hydrogen) atoms. The molecule has 162 valence electrons. The highest BCUT2D eigenvalue weighted by atomic mass is 32.2. The molecule has 5 nitrogen and oxygen atoms in total. The second-order valence-electron chi connectivity index (χ2n) is 7.24. The lowest BCUT2D eigenvalue weighted by Crippen LogP contribution is -2.41. The Labute approximate surface area is 182 Å². The fourth-order valence-electron chi connectivity index (χ4n) is 3.22. The van der Waals surface area contributed by atoms with E-state index < -0.39 is 28.3 Å². The molecule has 0 spiro atoms. The minimum absolute atomic E-state index is 0.0616. The Morgan fingerprint density at radius 1 is 0.968 bits per heavy atom. The first kappa shape index (κ1) is 22.5. The van der Waals surface area contributed by atoms with Crippen LogP contribution in [0.15, 0.2) is 83.8 Å². The van der Waals surface area contributed by atoms with Crippen LogP contribution in [-0.2, 0) is 21.2 Å². The molecule has 7 heteroatoms. The Bertz CT molecular complexity index is 1120. The summed E-state index contributed by atoms with van der Waals surface area (Å²) < 4.78 is 40.7. The number of amides is 1. The summed E-state index contributed by atoms with van der Waals surface area (Å²) in [6.45, 7) is 2.06. The Kier molecular flexibility index (Phi) is 7.41. The van der Waals surface area contributed by atoms with Gasteiger partial charge in [0.05, 0.1) is 10.6 Å². The summed E-state index contributed by atoms with van der Waals surface area (Å²) in [4.78, 5) is 12.6. The second-order valence-corrected chi connectivity index (χ2v) is 9.11. The van der Waals surface area contributed by atoms with Crippen LogP contribution in [0.4, 0.5) is 10.1 Å². The van der Waals surface area contributed by atoms with E-state index in [0.29, 0.717) is 6.54 Å². The Morgan fingerprint density at radius 2 is 1.68 bits per heavy atom. The molecular weight excluding hydrogens is 415 g/mol. The van der Waals surface area contributed by atoms with Gasteiger partial charge in [-0.3, -0.25) is 9.10 Å². The first-order chi connectivity index (χ1) is 14.9. The van der Waals surface area contributed by atoms with Gasteiger partial charge in [-0.1, -0.05) is 48.0 Å². The maximum absolute atomic E-state index is 13.4. The normalized spacial score (nSPS) is 11.2. The average molecular weight is 441 g/mol. The van der Waals surface area contributed by atoms with E-state index in [1.54, 1.807) is 18.2 Å². The largest absolute Gasteiger partial charge is 0.355 e. The molecule has 0 saturated heterocycles. The van der Waals surface area contributed by atoms with E-state index in [2.05, 4.69) is 11.4 Å². The van der Waals surface area contributed by atoms with Crippen molar-refractivity contribution >= 4 is 21.6 Å². The molecule has 0 aromatic heterocycles. The summed E-state index contributed by atoms with van der Waals surface area (Å²) in [5, 5.41) is 2.78. The zero-order chi connectivity index (χ0) is 22.3. The van der Waals surface area contributed by atoms with E-state index in [4.69, 9.17) is 0 Å². The van der Waals surface area contributed by atoms with Crippen molar-refractivity contribution in [3.05, 3.63) is 95.8 Å². The molecule has 0 radical (unpaired) electrons. The highest BCUT2D eigenvalue weighted by Gasteiger charge is 2.27. The van der Waals surface area contributed by atoms with Crippen molar-refractivity contribution in [3.63, 3.8) is 0 Å². The van der Waals surface area contributed by atoms with Gasteiger partial charge in [-0.15, -0.1) is 0 Å². The molecule has 0 unspecified atom stereocenters. The first-order valence-corrected chi connectivity index (χ1v) is 11.5. The predicted octanol–water partition coefficient (Wildman–Crippen LogP) is 4.08. The van der Waals surface area contributed by atoms with Crippen LogP contribution in [0.5, 0.6) is 0 Å². The van der Waals surface area contributed by atoms with Crippen molar-refractivity contribution < 1.29 is 17.6 Å². The SMILES string of the molecule is Cc1cccc(CCCNC(=O)CN(c2ccc(F)cc2)S(=O)(=O)c2ccccc2)c1. The predicted molar refractivity (Wildman–Crippen MR) is 120 cm³/mol. The molecule has 1 amide bonds. The van der Waals surface area contributed by atoms with E-state index in [-0.39, 0.29) is 10.6 Å². The highest BCUT2D eigenvalue weighted by Crippen LogP contribution is 2.23. The van der Waals surface area contributed by atoms with Crippen LogP contribution in [0.3, 0.4) is 0 Å². The Morgan fingerprint density at radius 3 is 2.35 bits per heavy atom. The maximum Gasteiger partial charge on any atom is 0.264 e. The molecule has 1 N–H and O–H groups in total. The Balaban J connectivity index is 1.68. The van der Waals surface area contributed by atoms with Crippen LogP contribution < -0.4 is 9.62 Å². The number of sulfonamides is 1. The summed E-state index contributed by atoms with van der Waals surface area (Å²) in [6.07, 6.45) is 1.54. The van der Waals surface area contributed by atoms with Crippen LogP contribution in [-0.4, -0.2) is 27.4 Å². The molecule has 3 aromatic rings. The fraction of sp³-hybridized carbons (Fsp3) is 0.208. The molecule has 0 atom stereocenters. The first-order valence-electron chi connectivity index (χ1n) is 10.0. The lowest BCUT2D eigenvalue weighted by atomic mass is 10.1. The highest BCUT2D eigenvalue weighted by molar-refractivity contribution is 7.92. The van der Waals surface area contributed by atoms with Gasteiger partial charge in [0.1, 0.15) is 12.4 Å². The zero-order valence-electron chi connectivity index (χ0n) is 17.3. The molecule has 3 rings (SSSR count). The third kappa shape index (κ3) is 6.15. The number of nitrogens with zero attached hydrogens (tertiary/aromatic N) is 1. The number of halogens is 1. The van der Waals surface area contributed by atoms with Gasteiger partial charge < -0.3 is 5.32 Å². The van der Waals surface area contributed by atoms with E-state index in [1.165, 1.54) is 47.5 Å². The van der Waals surface area contributed by atoms with Crippen molar-refractivity contribution in [3.8, 4) is 0 Å². The molecule has 0 heterocycles. The number of rotatable bonds is 9. The third-order valence-electron chi connectivity index (χ3n) is 4.78. The average Bonchev–Trinajstić information content (AvgIpc) is 2.76. The van der Waals surface area contributed by atoms with Crippen LogP contribution in [0, 0.1) is 12.7 Å². The minimum Gasteiger partial charge on any atom is -0.355 e. The second kappa shape index (κ2) is 10.2. The van der Waals surface area contributed by atoms with Crippen molar-refractivity contribution in [1.82, 2.24) is 5.32 Å². The molecule has 0 aliphatic carbocycles. The number of hydrogen-bond acceptors (Lipinski definition) is 3. The molecule has 0 aliphatic rings. The number of anilines is 1. The summed E-state index contributed by atoms with van der Waals surface area (Å²) in [5.74, 6) is -0.908. The standard InChI is InChI=1S/C24H25FN2O3S/c1-19-7-5-8-20(17-19)9-6-16-26-24(28)18-27(22-14-12-21(25)13-15-22)31(29,30)23-10-3-2-4-11-23/h2-5,7-8,10-15,17H,6,9,16,18H2,1H3,(H,26,28). The lowest BCUT2D eigenvalue weighted by molar-refractivity contribution is -0.119. The number of hydrogen-bond donors (Lipinski definition) is 1. The van der Waals surface area contributed by atoms with Gasteiger partial charge in [-0.05, 0) is 61.7 Å². The maximum atomic E-state index is 13.4. The summed E-state index contributed by atoms with van der Waals surface area (Å²) in [6, 6.07) is 21.1. The summed E-state index contributed by atoms with van der Waals surface area (Å²) in [7, 11) is -3.99.